The molecule has 0 radical (unpaired) electrons. The summed E-state index contributed by atoms with van der Waals surface area (Å²) in [7, 11) is -0.668. The van der Waals surface area contributed by atoms with Crippen LogP contribution >= 0.6 is 0 Å². The lowest BCUT2D eigenvalue weighted by Gasteiger charge is -2.22. The van der Waals surface area contributed by atoms with Crippen LogP contribution < -0.4 is 4.72 Å². The van der Waals surface area contributed by atoms with Crippen LogP contribution in [0.15, 0.2) is 24.3 Å². The predicted octanol–water partition coefficient (Wildman–Crippen LogP) is 0.613. The van der Waals surface area contributed by atoms with Crippen LogP contribution in [0.4, 0.5) is 4.39 Å². The van der Waals surface area contributed by atoms with E-state index < -0.39 is 10.2 Å². The Morgan fingerprint density at radius 3 is 2.41 bits per heavy atom. The summed E-state index contributed by atoms with van der Waals surface area (Å²) in [4.78, 5) is 13.1. The van der Waals surface area contributed by atoms with E-state index in [-0.39, 0.29) is 24.8 Å². The largest absolute Gasteiger partial charge is 0.341 e. The number of benzene rings is 1. The van der Waals surface area contributed by atoms with Gasteiger partial charge in [0.2, 0.25) is 5.91 Å². The fourth-order valence-electron chi connectivity index (χ4n) is 1.82. The number of nitrogens with zero attached hydrogens (tertiary/aromatic N) is 2. The van der Waals surface area contributed by atoms with Crippen molar-refractivity contribution in [3.05, 3.63) is 35.6 Å². The first kappa shape index (κ1) is 18.5. The average Bonchev–Trinajstić information content (AvgIpc) is 2.43. The van der Waals surface area contributed by atoms with Gasteiger partial charge < -0.3 is 4.90 Å². The first-order valence-electron chi connectivity index (χ1n) is 6.90. The standard InChI is InChI=1S/C14H22FN3O3S/c1-12(19)18(11-9-16-22(20,21)17(2)3)10-8-13-6-4-5-7-14(13)15/h4-7,16H,8-11H2,1-3H3. The molecule has 0 bridgehead atoms. The molecule has 0 unspecified atom stereocenters. The molecule has 0 saturated heterocycles. The zero-order chi connectivity index (χ0) is 16.8. The number of nitrogens with one attached hydrogen (secondary N) is 1. The fraction of sp³-hybridized carbons (Fsp3) is 0.500. The van der Waals surface area contributed by atoms with Crippen molar-refractivity contribution in [1.29, 1.82) is 0 Å². The molecule has 0 fully saturated rings. The van der Waals surface area contributed by atoms with E-state index in [9.17, 15) is 17.6 Å². The third-order valence-corrected chi connectivity index (χ3v) is 4.73. The van der Waals surface area contributed by atoms with Gasteiger partial charge in [-0.2, -0.15) is 12.7 Å². The number of hydrogen-bond acceptors (Lipinski definition) is 3. The average molecular weight is 331 g/mol. The Hall–Kier alpha value is -1.51. The molecule has 124 valence electrons. The van der Waals surface area contributed by atoms with Crippen LogP contribution in [0.1, 0.15) is 12.5 Å². The maximum absolute atomic E-state index is 13.5. The minimum Gasteiger partial charge on any atom is -0.341 e. The minimum atomic E-state index is -3.51. The Kier molecular flexibility index (Phi) is 6.92. The molecule has 1 N–H and O–H groups in total. The van der Waals surface area contributed by atoms with E-state index in [1.807, 2.05) is 0 Å². The number of carbonyl (C=O) groups is 1. The maximum Gasteiger partial charge on any atom is 0.278 e. The van der Waals surface area contributed by atoms with E-state index in [4.69, 9.17) is 0 Å². The summed E-state index contributed by atoms with van der Waals surface area (Å²) in [6.07, 6.45) is 0.382. The third kappa shape index (κ3) is 5.70. The molecule has 0 aliphatic rings. The molecule has 0 aliphatic heterocycles. The monoisotopic (exact) mass is 331 g/mol. The van der Waals surface area contributed by atoms with Gasteiger partial charge in [-0.3, -0.25) is 4.79 Å². The Morgan fingerprint density at radius 1 is 1.23 bits per heavy atom. The van der Waals surface area contributed by atoms with Gasteiger partial charge in [0.15, 0.2) is 0 Å². The van der Waals surface area contributed by atoms with E-state index in [1.165, 1.54) is 32.0 Å². The molecule has 1 aromatic rings. The Labute approximate surface area is 131 Å². The number of rotatable bonds is 8. The van der Waals surface area contributed by atoms with E-state index in [0.29, 0.717) is 18.5 Å². The normalized spacial score (nSPS) is 11.7. The molecular weight excluding hydrogens is 309 g/mol. The second kappa shape index (κ2) is 8.21. The van der Waals surface area contributed by atoms with Gasteiger partial charge in [0.1, 0.15) is 5.82 Å². The second-order valence-corrected chi connectivity index (χ2v) is 7.00. The van der Waals surface area contributed by atoms with Crippen LogP contribution in [0, 0.1) is 5.82 Å². The highest BCUT2D eigenvalue weighted by Gasteiger charge is 2.14. The highest BCUT2D eigenvalue weighted by atomic mass is 32.2. The van der Waals surface area contributed by atoms with E-state index in [2.05, 4.69) is 4.72 Å². The Bertz CT molecular complexity index is 605. The first-order valence-corrected chi connectivity index (χ1v) is 8.34. The topological polar surface area (TPSA) is 69.7 Å². The molecule has 22 heavy (non-hydrogen) atoms. The summed E-state index contributed by atoms with van der Waals surface area (Å²) in [5, 5.41) is 0. The summed E-state index contributed by atoms with van der Waals surface area (Å²) in [5.41, 5.74) is 0.530. The molecule has 8 heteroatoms. The van der Waals surface area contributed by atoms with Crippen LogP contribution in [0.25, 0.3) is 0 Å². The highest BCUT2D eigenvalue weighted by Crippen LogP contribution is 2.08. The van der Waals surface area contributed by atoms with Crippen molar-refractivity contribution in [3.63, 3.8) is 0 Å². The van der Waals surface area contributed by atoms with Crippen molar-refractivity contribution in [2.45, 2.75) is 13.3 Å². The van der Waals surface area contributed by atoms with Gasteiger partial charge in [0, 0.05) is 40.7 Å². The molecule has 6 nitrogen and oxygen atoms in total. The Balaban J connectivity index is 2.53. The van der Waals surface area contributed by atoms with E-state index in [1.54, 1.807) is 18.2 Å². The zero-order valence-electron chi connectivity index (χ0n) is 13.0. The molecule has 0 spiro atoms. The van der Waals surface area contributed by atoms with Crippen molar-refractivity contribution in [2.75, 3.05) is 33.7 Å². The molecule has 0 aromatic heterocycles. The van der Waals surface area contributed by atoms with Crippen molar-refractivity contribution in [3.8, 4) is 0 Å². The SMILES string of the molecule is CC(=O)N(CCNS(=O)(=O)N(C)C)CCc1ccccc1F. The van der Waals surface area contributed by atoms with E-state index in [0.717, 1.165) is 4.31 Å². The number of hydrogen-bond donors (Lipinski definition) is 1. The quantitative estimate of drug-likeness (QED) is 0.759. The van der Waals surface area contributed by atoms with Gasteiger partial charge in [-0.05, 0) is 18.1 Å². The van der Waals surface area contributed by atoms with Crippen LogP contribution in [0.5, 0.6) is 0 Å². The Morgan fingerprint density at radius 2 is 1.86 bits per heavy atom. The highest BCUT2D eigenvalue weighted by molar-refractivity contribution is 7.87. The molecule has 1 aromatic carbocycles. The third-order valence-electron chi connectivity index (χ3n) is 3.20. The summed E-state index contributed by atoms with van der Waals surface area (Å²) in [6, 6.07) is 6.39. The van der Waals surface area contributed by atoms with Crippen LogP contribution in [-0.4, -0.2) is 57.3 Å². The lowest BCUT2D eigenvalue weighted by molar-refractivity contribution is -0.128. The molecule has 0 atom stereocenters. The van der Waals surface area contributed by atoms with Crippen molar-refractivity contribution in [1.82, 2.24) is 13.9 Å². The maximum atomic E-state index is 13.5. The van der Waals surface area contributed by atoms with Crippen molar-refractivity contribution < 1.29 is 17.6 Å². The molecule has 0 heterocycles. The lowest BCUT2D eigenvalue weighted by atomic mass is 10.1. The molecule has 1 rings (SSSR count). The van der Waals surface area contributed by atoms with Crippen molar-refractivity contribution >= 4 is 16.1 Å². The van der Waals surface area contributed by atoms with Crippen LogP contribution in [-0.2, 0) is 21.4 Å². The van der Waals surface area contributed by atoms with Crippen LogP contribution in [0.2, 0.25) is 0 Å². The van der Waals surface area contributed by atoms with Gasteiger partial charge in [-0.25, -0.2) is 9.11 Å². The van der Waals surface area contributed by atoms with Gasteiger partial charge >= 0.3 is 0 Å². The predicted molar refractivity (Wildman–Crippen MR) is 83.0 cm³/mol. The van der Waals surface area contributed by atoms with Crippen LogP contribution in [0.3, 0.4) is 0 Å². The smallest absolute Gasteiger partial charge is 0.278 e. The number of amides is 1. The van der Waals surface area contributed by atoms with Gasteiger partial charge in [-0.1, -0.05) is 18.2 Å². The fourth-order valence-corrected chi connectivity index (χ4v) is 2.43. The number of carbonyl (C=O) groups excluding carboxylic acids is 1. The molecule has 0 aliphatic carbocycles. The summed E-state index contributed by atoms with van der Waals surface area (Å²) in [5.74, 6) is -0.486. The van der Waals surface area contributed by atoms with E-state index >= 15 is 0 Å². The second-order valence-electron chi connectivity index (χ2n) is 5.03. The molecular formula is C14H22FN3O3S. The molecule has 0 saturated carbocycles. The number of halogens is 1. The van der Waals surface area contributed by atoms with Gasteiger partial charge in [0.25, 0.3) is 10.2 Å². The van der Waals surface area contributed by atoms with Crippen molar-refractivity contribution in [2.24, 2.45) is 0 Å². The summed E-state index contributed by atoms with van der Waals surface area (Å²) < 4.78 is 40.1. The zero-order valence-corrected chi connectivity index (χ0v) is 13.9. The molecule has 1 amide bonds. The van der Waals surface area contributed by atoms with Gasteiger partial charge in [0.05, 0.1) is 0 Å². The lowest BCUT2D eigenvalue weighted by Crippen LogP contribution is -2.42. The van der Waals surface area contributed by atoms with Gasteiger partial charge in [-0.15, -0.1) is 0 Å². The summed E-state index contributed by atoms with van der Waals surface area (Å²) >= 11 is 0. The first-order chi connectivity index (χ1) is 10.2. The minimum absolute atomic E-state index is 0.108. The summed E-state index contributed by atoms with van der Waals surface area (Å²) in [6.45, 7) is 2.08.